The highest BCUT2D eigenvalue weighted by Crippen LogP contribution is 2.42. The number of carbonyl (C=O) groups is 2. The highest BCUT2D eigenvalue weighted by molar-refractivity contribution is 6.24. The van der Waals surface area contributed by atoms with Crippen molar-refractivity contribution in [3.05, 3.63) is 77.5 Å². The predicted octanol–water partition coefficient (Wildman–Crippen LogP) is 3.28. The minimum atomic E-state index is -1.64. The van der Waals surface area contributed by atoms with Gasteiger partial charge in [0.25, 0.3) is 11.8 Å². The number of piperazine rings is 1. The molecule has 0 spiro atoms. The first-order valence-corrected chi connectivity index (χ1v) is 8.94. The van der Waals surface area contributed by atoms with Crippen LogP contribution in [0.25, 0.3) is 6.08 Å². The van der Waals surface area contributed by atoms with E-state index in [1.807, 2.05) is 48.5 Å². The van der Waals surface area contributed by atoms with Gasteiger partial charge in [0.15, 0.2) is 0 Å². The average Bonchev–Trinajstić information content (AvgIpc) is 2.72. The summed E-state index contributed by atoms with van der Waals surface area (Å²) >= 11 is 6.68. The van der Waals surface area contributed by atoms with Crippen LogP contribution in [0.5, 0.6) is 0 Å². The number of amides is 2. The highest BCUT2D eigenvalue weighted by atomic mass is 35.5. The zero-order valence-corrected chi connectivity index (χ0v) is 16.2. The highest BCUT2D eigenvalue weighted by Gasteiger charge is 2.57. The minimum Gasteiger partial charge on any atom is -0.349 e. The van der Waals surface area contributed by atoms with Gasteiger partial charge in [-0.15, -0.1) is 11.6 Å². The molecule has 2 aromatic carbocycles. The quantitative estimate of drug-likeness (QED) is 0.600. The number of hydrogen-bond acceptors (Lipinski definition) is 3. The Morgan fingerprint density at radius 3 is 2.11 bits per heavy atom. The molecular weight excluding hydrogens is 364 g/mol. The smallest absolute Gasteiger partial charge is 0.282 e. The molecule has 2 atom stereocenters. The molecule has 6 heteroatoms. The molecule has 3 rings (SSSR count). The lowest BCUT2D eigenvalue weighted by Crippen LogP contribution is -2.67. The molecule has 0 aromatic heterocycles. The van der Waals surface area contributed by atoms with Crippen LogP contribution in [0.2, 0.25) is 0 Å². The summed E-state index contributed by atoms with van der Waals surface area (Å²) < 4.78 is 5.61. The molecule has 140 valence electrons. The third kappa shape index (κ3) is 3.13. The van der Waals surface area contributed by atoms with Crippen molar-refractivity contribution >= 4 is 29.5 Å². The van der Waals surface area contributed by atoms with Crippen molar-refractivity contribution in [2.24, 2.45) is 0 Å². The number of halogens is 1. The van der Waals surface area contributed by atoms with Gasteiger partial charge in [0.05, 0.1) is 0 Å². The SMILES string of the molecule is COC1(C(Cl)c2ccccc2)C(=O)N(C)C(=Cc2ccccc2)C(=O)N1C. The van der Waals surface area contributed by atoms with E-state index in [9.17, 15) is 9.59 Å². The number of rotatable bonds is 4. The molecule has 0 bridgehead atoms. The van der Waals surface area contributed by atoms with Gasteiger partial charge in [-0.1, -0.05) is 60.7 Å². The van der Waals surface area contributed by atoms with Gasteiger partial charge in [0.1, 0.15) is 11.1 Å². The largest absolute Gasteiger partial charge is 0.349 e. The molecule has 0 aliphatic carbocycles. The summed E-state index contributed by atoms with van der Waals surface area (Å²) in [5.41, 5.74) is 0.142. The third-order valence-corrected chi connectivity index (χ3v) is 5.39. The molecule has 2 amide bonds. The van der Waals surface area contributed by atoms with Crippen molar-refractivity contribution in [1.82, 2.24) is 9.80 Å². The molecule has 2 unspecified atom stereocenters. The van der Waals surface area contributed by atoms with Crippen LogP contribution in [0.15, 0.2) is 66.4 Å². The summed E-state index contributed by atoms with van der Waals surface area (Å²) in [4.78, 5) is 29.1. The Morgan fingerprint density at radius 2 is 1.56 bits per heavy atom. The maximum absolute atomic E-state index is 13.3. The minimum absolute atomic E-state index is 0.262. The van der Waals surface area contributed by atoms with Crippen molar-refractivity contribution in [3.63, 3.8) is 0 Å². The molecule has 1 aliphatic heterocycles. The standard InChI is InChI=1S/C21H21ClN2O3/c1-23-17(14-15-10-6-4-7-11-15)19(25)24(2)21(27-3,20(23)26)18(22)16-12-8-5-9-13-16/h4-14,18H,1-3H3. The molecule has 0 radical (unpaired) electrons. The summed E-state index contributed by atoms with van der Waals surface area (Å²) in [5, 5.41) is -0.870. The second-order valence-electron chi connectivity index (χ2n) is 6.34. The van der Waals surface area contributed by atoms with E-state index >= 15 is 0 Å². The molecule has 2 aromatic rings. The van der Waals surface area contributed by atoms with E-state index in [-0.39, 0.29) is 11.6 Å². The monoisotopic (exact) mass is 384 g/mol. The zero-order chi connectivity index (χ0) is 19.6. The lowest BCUT2D eigenvalue weighted by molar-refractivity contribution is -0.191. The van der Waals surface area contributed by atoms with Crippen LogP contribution >= 0.6 is 11.6 Å². The van der Waals surface area contributed by atoms with Gasteiger partial charge in [-0.3, -0.25) is 9.59 Å². The number of ether oxygens (including phenoxy) is 1. The lowest BCUT2D eigenvalue weighted by Gasteiger charge is -2.48. The normalized spacial score (nSPS) is 23.0. The van der Waals surface area contributed by atoms with Gasteiger partial charge in [-0.05, 0) is 17.2 Å². The van der Waals surface area contributed by atoms with Gasteiger partial charge in [-0.2, -0.15) is 0 Å². The molecular formula is C21H21ClN2O3. The van der Waals surface area contributed by atoms with Gasteiger partial charge < -0.3 is 14.5 Å². The fourth-order valence-corrected chi connectivity index (χ4v) is 3.75. The van der Waals surface area contributed by atoms with Crippen molar-refractivity contribution in [2.45, 2.75) is 11.1 Å². The molecule has 0 N–H and O–H groups in total. The molecule has 0 saturated carbocycles. The number of nitrogens with zero attached hydrogens (tertiary/aromatic N) is 2. The topological polar surface area (TPSA) is 49.9 Å². The van der Waals surface area contributed by atoms with Crippen LogP contribution in [0, 0.1) is 0 Å². The second kappa shape index (κ2) is 7.55. The first kappa shape index (κ1) is 19.1. The van der Waals surface area contributed by atoms with E-state index in [0.717, 1.165) is 5.56 Å². The van der Waals surface area contributed by atoms with Gasteiger partial charge in [0.2, 0.25) is 5.72 Å². The van der Waals surface area contributed by atoms with E-state index < -0.39 is 17.0 Å². The van der Waals surface area contributed by atoms with Crippen LogP contribution in [0.3, 0.4) is 0 Å². The summed E-state index contributed by atoms with van der Waals surface area (Å²) in [7, 11) is 4.48. The second-order valence-corrected chi connectivity index (χ2v) is 6.78. The maximum Gasteiger partial charge on any atom is 0.282 e. The van der Waals surface area contributed by atoms with Crippen LogP contribution in [0.4, 0.5) is 0 Å². The number of carbonyl (C=O) groups excluding carboxylic acids is 2. The molecule has 1 aliphatic rings. The molecule has 1 fully saturated rings. The number of benzene rings is 2. The van der Waals surface area contributed by atoms with Crippen LogP contribution in [-0.2, 0) is 14.3 Å². The van der Waals surface area contributed by atoms with Gasteiger partial charge in [-0.25, -0.2) is 0 Å². The Labute approximate surface area is 163 Å². The van der Waals surface area contributed by atoms with Crippen molar-refractivity contribution in [1.29, 1.82) is 0 Å². The fraction of sp³-hybridized carbons (Fsp3) is 0.238. The van der Waals surface area contributed by atoms with E-state index in [1.54, 1.807) is 25.3 Å². The first-order valence-electron chi connectivity index (χ1n) is 8.50. The summed E-state index contributed by atoms with van der Waals surface area (Å²) in [6.45, 7) is 0. The summed E-state index contributed by atoms with van der Waals surface area (Å²) in [6, 6.07) is 18.5. The Kier molecular flexibility index (Phi) is 5.35. The summed E-state index contributed by atoms with van der Waals surface area (Å²) in [6.07, 6.45) is 1.68. The van der Waals surface area contributed by atoms with Crippen molar-refractivity contribution in [2.75, 3.05) is 21.2 Å². The van der Waals surface area contributed by atoms with E-state index in [2.05, 4.69) is 0 Å². The average molecular weight is 385 g/mol. The van der Waals surface area contributed by atoms with Crippen LogP contribution < -0.4 is 0 Å². The summed E-state index contributed by atoms with van der Waals surface area (Å²) in [5.74, 6) is -0.748. The zero-order valence-electron chi connectivity index (χ0n) is 15.4. The van der Waals surface area contributed by atoms with E-state index in [1.165, 1.54) is 24.0 Å². The predicted molar refractivity (Wildman–Crippen MR) is 105 cm³/mol. The molecule has 5 nitrogen and oxygen atoms in total. The van der Waals surface area contributed by atoms with E-state index in [4.69, 9.17) is 16.3 Å². The van der Waals surface area contributed by atoms with Crippen molar-refractivity contribution in [3.8, 4) is 0 Å². The first-order chi connectivity index (χ1) is 12.9. The number of alkyl halides is 1. The number of methoxy groups -OCH3 is 1. The Bertz CT molecular complexity index is 870. The Hall–Kier alpha value is -2.63. The van der Waals surface area contributed by atoms with Gasteiger partial charge in [0, 0.05) is 21.2 Å². The Morgan fingerprint density at radius 1 is 1.00 bits per heavy atom. The lowest BCUT2D eigenvalue weighted by atomic mass is 9.95. The maximum atomic E-state index is 13.3. The number of hydrogen-bond donors (Lipinski definition) is 0. The van der Waals surface area contributed by atoms with Gasteiger partial charge >= 0.3 is 0 Å². The number of likely N-dealkylation sites (N-methyl/N-ethyl adjacent to an activating group) is 2. The molecule has 1 heterocycles. The molecule has 1 saturated heterocycles. The molecule has 27 heavy (non-hydrogen) atoms. The third-order valence-electron chi connectivity index (χ3n) is 4.84. The van der Waals surface area contributed by atoms with Crippen LogP contribution in [0.1, 0.15) is 16.5 Å². The fourth-order valence-electron chi connectivity index (χ4n) is 3.28. The van der Waals surface area contributed by atoms with E-state index in [0.29, 0.717) is 5.56 Å². The Balaban J connectivity index is 2.06. The van der Waals surface area contributed by atoms with Crippen LogP contribution in [-0.4, -0.2) is 48.5 Å². The van der Waals surface area contributed by atoms with Crippen molar-refractivity contribution < 1.29 is 14.3 Å².